The van der Waals surface area contributed by atoms with Crippen molar-refractivity contribution in [3.8, 4) is 5.75 Å². The minimum Gasteiger partial charge on any atom is -0.497 e. The highest BCUT2D eigenvalue weighted by molar-refractivity contribution is 5.58. The van der Waals surface area contributed by atoms with E-state index in [9.17, 15) is 0 Å². The van der Waals surface area contributed by atoms with Gasteiger partial charge in [-0.25, -0.2) is 0 Å². The maximum absolute atomic E-state index is 5.83. The highest BCUT2D eigenvalue weighted by atomic mass is 16.5. The summed E-state index contributed by atoms with van der Waals surface area (Å²) in [4.78, 5) is 2.36. The summed E-state index contributed by atoms with van der Waals surface area (Å²) in [6.45, 7) is 6.45. The van der Waals surface area contributed by atoms with Crippen LogP contribution >= 0.6 is 0 Å². The van der Waals surface area contributed by atoms with E-state index in [0.717, 1.165) is 24.5 Å². The summed E-state index contributed by atoms with van der Waals surface area (Å²) in [5, 5.41) is 0. The molecule has 1 heterocycles. The first-order chi connectivity index (χ1) is 8.65. The molecule has 2 atom stereocenters. The minimum absolute atomic E-state index is 0.248. The number of nitrogens with zero attached hydrogens (tertiary/aromatic N) is 1. The number of rotatable bonds is 3. The molecular formula is C14H22N2O2. The molecule has 0 amide bonds. The van der Waals surface area contributed by atoms with Crippen LogP contribution in [0.1, 0.15) is 19.4 Å². The molecule has 4 heteroatoms. The zero-order valence-corrected chi connectivity index (χ0v) is 11.3. The monoisotopic (exact) mass is 250 g/mol. The molecule has 2 unspecified atom stereocenters. The van der Waals surface area contributed by atoms with Gasteiger partial charge in [-0.3, -0.25) is 0 Å². The number of anilines is 1. The molecule has 0 aromatic heterocycles. The zero-order valence-electron chi connectivity index (χ0n) is 11.3. The van der Waals surface area contributed by atoms with E-state index >= 15 is 0 Å². The third-order valence-electron chi connectivity index (χ3n) is 3.43. The smallest absolute Gasteiger partial charge is 0.120 e. The van der Waals surface area contributed by atoms with Crippen molar-refractivity contribution in [3.63, 3.8) is 0 Å². The Bertz CT molecular complexity index is 409. The Hall–Kier alpha value is -1.26. The Balaban J connectivity index is 2.34. The number of hydrogen-bond donors (Lipinski definition) is 1. The standard InChI is InChI=1S/C14H22N2O2/c1-10-9-18-11(2)8-16(10)14-6-13(17-3)5-4-12(14)7-15/h4-6,10-11H,7-9,15H2,1-3H3. The van der Waals surface area contributed by atoms with Gasteiger partial charge in [0, 0.05) is 30.9 Å². The molecule has 2 rings (SSSR count). The molecule has 4 nitrogen and oxygen atoms in total. The summed E-state index contributed by atoms with van der Waals surface area (Å²) in [5.74, 6) is 0.869. The summed E-state index contributed by atoms with van der Waals surface area (Å²) in [6, 6.07) is 6.43. The molecule has 0 saturated carbocycles. The van der Waals surface area contributed by atoms with Gasteiger partial charge in [0.2, 0.25) is 0 Å². The Kier molecular flexibility index (Phi) is 4.09. The average Bonchev–Trinajstić information content (AvgIpc) is 2.40. The summed E-state index contributed by atoms with van der Waals surface area (Å²) >= 11 is 0. The van der Waals surface area contributed by atoms with E-state index in [1.54, 1.807) is 7.11 Å². The van der Waals surface area contributed by atoms with E-state index in [1.165, 1.54) is 5.69 Å². The van der Waals surface area contributed by atoms with E-state index in [4.69, 9.17) is 15.2 Å². The third-order valence-corrected chi connectivity index (χ3v) is 3.43. The Morgan fingerprint density at radius 2 is 2.22 bits per heavy atom. The second-order valence-corrected chi connectivity index (χ2v) is 4.84. The lowest BCUT2D eigenvalue weighted by Gasteiger charge is -2.39. The molecule has 100 valence electrons. The largest absolute Gasteiger partial charge is 0.497 e. The van der Waals surface area contributed by atoms with Crippen molar-refractivity contribution in [2.75, 3.05) is 25.2 Å². The highest BCUT2D eigenvalue weighted by Gasteiger charge is 2.25. The summed E-state index contributed by atoms with van der Waals surface area (Å²) in [6.07, 6.45) is 0.248. The first kappa shape index (κ1) is 13.2. The Labute approximate surface area is 109 Å². The quantitative estimate of drug-likeness (QED) is 0.888. The molecule has 1 aromatic rings. The molecule has 18 heavy (non-hydrogen) atoms. The lowest BCUT2D eigenvalue weighted by Crippen LogP contribution is -2.47. The molecule has 1 saturated heterocycles. The number of hydrogen-bond acceptors (Lipinski definition) is 4. The van der Waals surface area contributed by atoms with E-state index in [0.29, 0.717) is 12.6 Å². The molecule has 0 radical (unpaired) electrons. The molecule has 1 aromatic carbocycles. The van der Waals surface area contributed by atoms with Crippen molar-refractivity contribution >= 4 is 5.69 Å². The van der Waals surface area contributed by atoms with Crippen LogP contribution in [0.15, 0.2) is 18.2 Å². The van der Waals surface area contributed by atoms with E-state index in [-0.39, 0.29) is 6.10 Å². The molecular weight excluding hydrogens is 228 g/mol. The van der Waals surface area contributed by atoms with Crippen LogP contribution in [-0.4, -0.2) is 32.4 Å². The average molecular weight is 250 g/mol. The predicted molar refractivity (Wildman–Crippen MR) is 73.1 cm³/mol. The lowest BCUT2D eigenvalue weighted by molar-refractivity contribution is 0.0343. The van der Waals surface area contributed by atoms with Crippen LogP contribution in [0.2, 0.25) is 0 Å². The van der Waals surface area contributed by atoms with Crippen LogP contribution < -0.4 is 15.4 Å². The van der Waals surface area contributed by atoms with Gasteiger partial charge in [0.05, 0.1) is 19.8 Å². The van der Waals surface area contributed by atoms with Crippen molar-refractivity contribution in [1.29, 1.82) is 0 Å². The van der Waals surface area contributed by atoms with Crippen LogP contribution in [0.25, 0.3) is 0 Å². The molecule has 0 aliphatic carbocycles. The van der Waals surface area contributed by atoms with Crippen LogP contribution in [-0.2, 0) is 11.3 Å². The van der Waals surface area contributed by atoms with Crippen molar-refractivity contribution in [1.82, 2.24) is 0 Å². The van der Waals surface area contributed by atoms with Crippen molar-refractivity contribution in [2.45, 2.75) is 32.5 Å². The molecule has 1 fully saturated rings. The Morgan fingerprint density at radius 3 is 2.89 bits per heavy atom. The fraction of sp³-hybridized carbons (Fsp3) is 0.571. The minimum atomic E-state index is 0.248. The van der Waals surface area contributed by atoms with E-state index in [2.05, 4.69) is 24.8 Å². The van der Waals surface area contributed by atoms with Gasteiger partial charge in [0.1, 0.15) is 5.75 Å². The van der Waals surface area contributed by atoms with Crippen LogP contribution in [0.4, 0.5) is 5.69 Å². The number of morpholine rings is 1. The van der Waals surface area contributed by atoms with Gasteiger partial charge in [-0.1, -0.05) is 6.07 Å². The van der Waals surface area contributed by atoms with Gasteiger partial charge in [0.25, 0.3) is 0 Å². The van der Waals surface area contributed by atoms with E-state index in [1.807, 2.05) is 12.1 Å². The SMILES string of the molecule is COc1ccc(CN)c(N2CC(C)OCC2C)c1. The van der Waals surface area contributed by atoms with Gasteiger partial charge in [-0.15, -0.1) is 0 Å². The first-order valence-electron chi connectivity index (χ1n) is 6.41. The van der Waals surface area contributed by atoms with Crippen LogP contribution in [0.5, 0.6) is 5.75 Å². The van der Waals surface area contributed by atoms with Gasteiger partial charge in [-0.2, -0.15) is 0 Å². The topological polar surface area (TPSA) is 47.7 Å². The van der Waals surface area contributed by atoms with E-state index < -0.39 is 0 Å². The molecule has 1 aliphatic rings. The van der Waals surface area contributed by atoms with Crippen molar-refractivity contribution in [3.05, 3.63) is 23.8 Å². The Morgan fingerprint density at radius 1 is 1.44 bits per heavy atom. The normalized spacial score (nSPS) is 24.1. The summed E-state index contributed by atoms with van der Waals surface area (Å²) in [5.41, 5.74) is 8.15. The predicted octanol–water partition coefficient (Wildman–Crippen LogP) is 1.77. The second kappa shape index (κ2) is 5.59. The fourth-order valence-corrected chi connectivity index (χ4v) is 2.35. The van der Waals surface area contributed by atoms with Crippen molar-refractivity contribution < 1.29 is 9.47 Å². The molecule has 2 N–H and O–H groups in total. The number of nitrogens with two attached hydrogens (primary N) is 1. The van der Waals surface area contributed by atoms with Gasteiger partial charge >= 0.3 is 0 Å². The maximum atomic E-state index is 5.83. The summed E-state index contributed by atoms with van der Waals surface area (Å²) < 4.78 is 11.0. The molecule has 1 aliphatic heterocycles. The second-order valence-electron chi connectivity index (χ2n) is 4.84. The zero-order chi connectivity index (χ0) is 13.1. The molecule has 0 bridgehead atoms. The van der Waals surface area contributed by atoms with Gasteiger partial charge in [-0.05, 0) is 25.5 Å². The first-order valence-corrected chi connectivity index (χ1v) is 6.41. The lowest BCUT2D eigenvalue weighted by atomic mass is 10.1. The van der Waals surface area contributed by atoms with Crippen LogP contribution in [0.3, 0.4) is 0 Å². The number of methoxy groups -OCH3 is 1. The van der Waals surface area contributed by atoms with Gasteiger partial charge in [0.15, 0.2) is 0 Å². The van der Waals surface area contributed by atoms with Crippen LogP contribution in [0, 0.1) is 0 Å². The van der Waals surface area contributed by atoms with Gasteiger partial charge < -0.3 is 20.1 Å². The molecule has 0 spiro atoms. The number of benzene rings is 1. The van der Waals surface area contributed by atoms with Crippen molar-refractivity contribution in [2.24, 2.45) is 5.73 Å². The maximum Gasteiger partial charge on any atom is 0.120 e. The summed E-state index contributed by atoms with van der Waals surface area (Å²) in [7, 11) is 1.69. The highest BCUT2D eigenvalue weighted by Crippen LogP contribution is 2.29. The fourth-order valence-electron chi connectivity index (χ4n) is 2.35. The number of ether oxygens (including phenoxy) is 2. The third kappa shape index (κ3) is 2.60.